The van der Waals surface area contributed by atoms with E-state index in [0.29, 0.717) is 12.3 Å². The van der Waals surface area contributed by atoms with Gasteiger partial charge < -0.3 is 10.4 Å². The normalized spacial score (nSPS) is 26.1. The number of alkyl halides is 1. The third-order valence-corrected chi connectivity index (χ3v) is 3.38. The van der Waals surface area contributed by atoms with Crippen LogP contribution in [0.3, 0.4) is 0 Å². The third-order valence-electron chi connectivity index (χ3n) is 3.11. The van der Waals surface area contributed by atoms with Gasteiger partial charge >= 0.3 is 0 Å². The first-order valence-electron chi connectivity index (χ1n) is 6.27. The lowest BCUT2D eigenvalue weighted by atomic mass is 10.1. The van der Waals surface area contributed by atoms with Crippen molar-refractivity contribution in [2.24, 2.45) is 0 Å². The van der Waals surface area contributed by atoms with E-state index in [1.807, 2.05) is 0 Å². The highest BCUT2D eigenvalue weighted by molar-refractivity contribution is 6.17. The van der Waals surface area contributed by atoms with E-state index in [-0.39, 0.29) is 18.1 Å². The Bertz CT molecular complexity index is 211. The van der Waals surface area contributed by atoms with Crippen LogP contribution in [0.2, 0.25) is 0 Å². The van der Waals surface area contributed by atoms with Crippen LogP contribution in [-0.2, 0) is 4.79 Å². The molecule has 0 aliphatic heterocycles. The van der Waals surface area contributed by atoms with E-state index in [0.717, 1.165) is 44.9 Å². The van der Waals surface area contributed by atoms with Gasteiger partial charge in [-0.25, -0.2) is 0 Å². The molecule has 3 nitrogen and oxygen atoms in total. The highest BCUT2D eigenvalue weighted by Crippen LogP contribution is 2.18. The zero-order valence-electron chi connectivity index (χ0n) is 9.75. The van der Waals surface area contributed by atoms with Gasteiger partial charge in [0.1, 0.15) is 0 Å². The molecule has 1 saturated carbocycles. The first-order chi connectivity index (χ1) is 7.74. The van der Waals surface area contributed by atoms with Crippen LogP contribution in [0.1, 0.15) is 51.4 Å². The summed E-state index contributed by atoms with van der Waals surface area (Å²) in [5.74, 6) is 0.662. The maximum absolute atomic E-state index is 11.6. The molecule has 16 heavy (non-hydrogen) atoms. The summed E-state index contributed by atoms with van der Waals surface area (Å²) in [7, 11) is 0. The highest BCUT2D eigenvalue weighted by Gasteiger charge is 2.22. The highest BCUT2D eigenvalue weighted by atomic mass is 35.5. The minimum Gasteiger partial charge on any atom is -0.391 e. The van der Waals surface area contributed by atoms with Crippen LogP contribution in [0.15, 0.2) is 0 Å². The molecule has 0 aromatic heterocycles. The van der Waals surface area contributed by atoms with Crippen LogP contribution in [0.5, 0.6) is 0 Å². The molecule has 1 rings (SSSR count). The molecule has 94 valence electrons. The number of hydrogen-bond acceptors (Lipinski definition) is 2. The number of hydrogen-bond donors (Lipinski definition) is 2. The molecular weight excluding hydrogens is 226 g/mol. The average Bonchev–Trinajstić information content (AvgIpc) is 2.45. The van der Waals surface area contributed by atoms with Gasteiger partial charge in [-0.05, 0) is 25.7 Å². The molecule has 0 bridgehead atoms. The summed E-state index contributed by atoms with van der Waals surface area (Å²) in [6.45, 7) is 0. The molecule has 0 heterocycles. The molecule has 0 radical (unpaired) electrons. The SMILES string of the molecule is O=C(CCCCCl)NC1CCCCCC1O. The molecule has 1 aliphatic rings. The van der Waals surface area contributed by atoms with Crippen molar-refractivity contribution in [2.45, 2.75) is 63.5 Å². The maximum atomic E-state index is 11.6. The molecule has 0 spiro atoms. The van der Waals surface area contributed by atoms with Crippen LogP contribution in [0.4, 0.5) is 0 Å². The van der Waals surface area contributed by atoms with Crippen molar-refractivity contribution in [3.63, 3.8) is 0 Å². The van der Waals surface area contributed by atoms with Crippen LogP contribution in [-0.4, -0.2) is 29.0 Å². The Morgan fingerprint density at radius 1 is 1.25 bits per heavy atom. The predicted octanol–water partition coefficient (Wildman–Crippen LogP) is 2.21. The Labute approximate surface area is 103 Å². The van der Waals surface area contributed by atoms with Crippen LogP contribution < -0.4 is 5.32 Å². The molecule has 1 aliphatic carbocycles. The molecule has 2 atom stereocenters. The van der Waals surface area contributed by atoms with Gasteiger partial charge in [0.2, 0.25) is 5.91 Å². The molecule has 0 aromatic rings. The van der Waals surface area contributed by atoms with E-state index < -0.39 is 0 Å². The fourth-order valence-corrected chi connectivity index (χ4v) is 2.30. The van der Waals surface area contributed by atoms with E-state index >= 15 is 0 Å². The number of nitrogens with one attached hydrogen (secondary N) is 1. The largest absolute Gasteiger partial charge is 0.391 e. The van der Waals surface area contributed by atoms with E-state index in [1.54, 1.807) is 0 Å². The Hall–Kier alpha value is -0.280. The van der Waals surface area contributed by atoms with Crippen LogP contribution in [0.25, 0.3) is 0 Å². The lowest BCUT2D eigenvalue weighted by Crippen LogP contribution is -2.42. The number of halogens is 1. The van der Waals surface area contributed by atoms with Gasteiger partial charge in [-0.2, -0.15) is 0 Å². The number of aliphatic hydroxyl groups is 1. The second-order valence-electron chi connectivity index (χ2n) is 4.53. The number of aliphatic hydroxyl groups excluding tert-OH is 1. The van der Waals surface area contributed by atoms with Gasteiger partial charge in [0.25, 0.3) is 0 Å². The Kier molecular flexibility index (Phi) is 6.81. The number of carbonyl (C=O) groups is 1. The number of rotatable bonds is 5. The maximum Gasteiger partial charge on any atom is 0.220 e. The summed E-state index contributed by atoms with van der Waals surface area (Å²) < 4.78 is 0. The Balaban J connectivity index is 2.25. The van der Waals surface area contributed by atoms with Crippen molar-refractivity contribution in [1.29, 1.82) is 0 Å². The molecule has 0 aromatic carbocycles. The van der Waals surface area contributed by atoms with Crippen molar-refractivity contribution in [3.05, 3.63) is 0 Å². The number of amides is 1. The number of unbranched alkanes of at least 4 members (excludes halogenated alkanes) is 1. The minimum absolute atomic E-state index is 0.0361. The fraction of sp³-hybridized carbons (Fsp3) is 0.917. The van der Waals surface area contributed by atoms with E-state index in [2.05, 4.69) is 5.32 Å². The zero-order valence-corrected chi connectivity index (χ0v) is 10.5. The van der Waals surface area contributed by atoms with Crippen LogP contribution in [0, 0.1) is 0 Å². The van der Waals surface area contributed by atoms with Gasteiger partial charge in [-0.15, -0.1) is 11.6 Å². The predicted molar refractivity (Wildman–Crippen MR) is 65.6 cm³/mol. The summed E-state index contributed by atoms with van der Waals surface area (Å²) in [5, 5.41) is 12.8. The smallest absolute Gasteiger partial charge is 0.220 e. The molecular formula is C12H22ClNO2. The van der Waals surface area contributed by atoms with E-state index in [1.165, 1.54) is 0 Å². The Morgan fingerprint density at radius 3 is 2.75 bits per heavy atom. The zero-order chi connectivity index (χ0) is 11.8. The molecule has 2 unspecified atom stereocenters. The second-order valence-corrected chi connectivity index (χ2v) is 4.90. The lowest BCUT2D eigenvalue weighted by molar-refractivity contribution is -0.122. The van der Waals surface area contributed by atoms with E-state index in [4.69, 9.17) is 11.6 Å². The molecule has 0 saturated heterocycles. The summed E-state index contributed by atoms with van der Waals surface area (Å²) in [6.07, 6.45) is 6.92. The Morgan fingerprint density at radius 2 is 2.00 bits per heavy atom. The molecule has 1 amide bonds. The van der Waals surface area contributed by atoms with Crippen molar-refractivity contribution in [2.75, 3.05) is 5.88 Å². The first kappa shape index (κ1) is 13.8. The second kappa shape index (κ2) is 7.91. The minimum atomic E-state index is -0.362. The number of carbonyl (C=O) groups excluding carboxylic acids is 1. The van der Waals surface area contributed by atoms with Crippen molar-refractivity contribution >= 4 is 17.5 Å². The fourth-order valence-electron chi connectivity index (χ4n) is 2.12. The van der Waals surface area contributed by atoms with Crippen molar-refractivity contribution in [3.8, 4) is 0 Å². The molecule has 4 heteroatoms. The van der Waals surface area contributed by atoms with Crippen molar-refractivity contribution in [1.82, 2.24) is 5.32 Å². The van der Waals surface area contributed by atoms with E-state index in [9.17, 15) is 9.90 Å². The summed E-state index contributed by atoms with van der Waals surface area (Å²) >= 11 is 5.55. The summed E-state index contributed by atoms with van der Waals surface area (Å²) in [5.41, 5.74) is 0. The topological polar surface area (TPSA) is 49.3 Å². The summed E-state index contributed by atoms with van der Waals surface area (Å²) in [6, 6.07) is -0.0361. The van der Waals surface area contributed by atoms with Crippen LogP contribution >= 0.6 is 11.6 Å². The van der Waals surface area contributed by atoms with Gasteiger partial charge in [-0.1, -0.05) is 19.3 Å². The van der Waals surface area contributed by atoms with Gasteiger partial charge in [0, 0.05) is 12.3 Å². The molecule has 2 N–H and O–H groups in total. The first-order valence-corrected chi connectivity index (χ1v) is 6.81. The standard InChI is InChI=1S/C12H22ClNO2/c13-9-5-4-8-12(16)14-10-6-2-1-3-7-11(10)15/h10-11,15H,1-9H2,(H,14,16). The van der Waals surface area contributed by atoms with Gasteiger partial charge in [0.15, 0.2) is 0 Å². The van der Waals surface area contributed by atoms with Crippen molar-refractivity contribution < 1.29 is 9.90 Å². The van der Waals surface area contributed by atoms with Gasteiger partial charge in [-0.3, -0.25) is 4.79 Å². The third kappa shape index (κ3) is 5.17. The quantitative estimate of drug-likeness (QED) is 0.445. The average molecular weight is 248 g/mol. The monoisotopic (exact) mass is 247 g/mol. The van der Waals surface area contributed by atoms with Gasteiger partial charge in [0.05, 0.1) is 12.1 Å². The lowest BCUT2D eigenvalue weighted by Gasteiger charge is -2.21. The summed E-state index contributed by atoms with van der Waals surface area (Å²) in [4.78, 5) is 11.6. The molecule has 1 fully saturated rings.